The lowest BCUT2D eigenvalue weighted by molar-refractivity contribution is 0.127. The summed E-state index contributed by atoms with van der Waals surface area (Å²) in [4.78, 5) is 2.49. The molecule has 2 rings (SSSR count). The molecule has 0 bridgehead atoms. The zero-order valence-electron chi connectivity index (χ0n) is 11.5. The lowest BCUT2D eigenvalue weighted by Crippen LogP contribution is -2.37. The van der Waals surface area contributed by atoms with Gasteiger partial charge in [-0.05, 0) is 38.3 Å². The van der Waals surface area contributed by atoms with Gasteiger partial charge in [-0.15, -0.1) is 0 Å². The van der Waals surface area contributed by atoms with Gasteiger partial charge in [0.1, 0.15) is 5.82 Å². The first-order valence-electron chi connectivity index (χ1n) is 6.39. The fraction of sp³-hybridized carbons (Fsp3) is 0.769. The second-order valence-corrected chi connectivity index (χ2v) is 6.01. The van der Waals surface area contributed by atoms with Gasteiger partial charge in [-0.25, -0.2) is 0 Å². The van der Waals surface area contributed by atoms with Gasteiger partial charge < -0.3 is 5.73 Å². The third-order valence-electron chi connectivity index (χ3n) is 3.99. The van der Waals surface area contributed by atoms with Crippen LogP contribution in [0.5, 0.6) is 0 Å². The summed E-state index contributed by atoms with van der Waals surface area (Å²) in [5.74, 6) is 0.812. The number of aromatic nitrogens is 2. The molecular weight excluding hydrogens is 212 g/mol. The second-order valence-electron chi connectivity index (χ2n) is 6.01. The zero-order valence-corrected chi connectivity index (χ0v) is 11.5. The molecule has 0 aromatic carbocycles. The molecule has 17 heavy (non-hydrogen) atoms. The number of piperidine rings is 1. The third kappa shape index (κ3) is 2.63. The van der Waals surface area contributed by atoms with Crippen LogP contribution in [-0.4, -0.2) is 27.8 Å². The number of anilines is 1. The summed E-state index contributed by atoms with van der Waals surface area (Å²) in [7, 11) is 1.91. The fourth-order valence-corrected chi connectivity index (χ4v) is 2.46. The monoisotopic (exact) mass is 236 g/mol. The van der Waals surface area contributed by atoms with E-state index in [4.69, 9.17) is 5.73 Å². The predicted molar refractivity (Wildman–Crippen MR) is 70.6 cm³/mol. The molecule has 1 aliphatic heterocycles. The molecule has 0 amide bonds. The maximum Gasteiger partial charge on any atom is 0.126 e. The molecule has 1 fully saturated rings. The predicted octanol–water partition coefficient (Wildman–Crippen LogP) is 1.93. The molecule has 0 aliphatic carbocycles. The van der Waals surface area contributed by atoms with E-state index >= 15 is 0 Å². The Labute approximate surface area is 104 Å². The van der Waals surface area contributed by atoms with E-state index in [2.05, 4.69) is 23.8 Å². The molecule has 1 aliphatic rings. The summed E-state index contributed by atoms with van der Waals surface area (Å²) >= 11 is 0. The molecule has 0 radical (unpaired) electrons. The van der Waals surface area contributed by atoms with Gasteiger partial charge in [-0.2, -0.15) is 5.10 Å². The Morgan fingerprint density at radius 3 is 2.35 bits per heavy atom. The van der Waals surface area contributed by atoms with Crippen LogP contribution in [0.4, 0.5) is 5.82 Å². The van der Waals surface area contributed by atoms with Crippen LogP contribution in [0.3, 0.4) is 0 Å². The molecule has 0 saturated carbocycles. The molecule has 1 aromatic rings. The van der Waals surface area contributed by atoms with Crippen molar-refractivity contribution in [3.63, 3.8) is 0 Å². The lowest BCUT2D eigenvalue weighted by Gasteiger charge is -2.36. The number of aryl methyl sites for hydroxylation is 2. The zero-order chi connectivity index (χ0) is 12.6. The standard InChI is InChI=1S/C13H24N4/c1-10-11(12(14)16(4)15-10)9-17-7-5-13(2,3)6-8-17/h5-9,14H2,1-4H3. The summed E-state index contributed by atoms with van der Waals surface area (Å²) in [6.45, 7) is 10.0. The number of nitrogens with zero attached hydrogens (tertiary/aromatic N) is 3. The molecular formula is C13H24N4. The van der Waals surface area contributed by atoms with Crippen LogP contribution in [0.2, 0.25) is 0 Å². The first kappa shape index (κ1) is 12.4. The van der Waals surface area contributed by atoms with E-state index in [9.17, 15) is 0 Å². The molecule has 4 nitrogen and oxygen atoms in total. The van der Waals surface area contributed by atoms with Crippen molar-refractivity contribution < 1.29 is 0 Å². The van der Waals surface area contributed by atoms with Gasteiger partial charge in [0, 0.05) is 19.2 Å². The minimum absolute atomic E-state index is 0.506. The SMILES string of the molecule is Cc1nn(C)c(N)c1CN1CCC(C)(C)CC1. The summed E-state index contributed by atoms with van der Waals surface area (Å²) in [5, 5.41) is 4.37. The van der Waals surface area contributed by atoms with Gasteiger partial charge >= 0.3 is 0 Å². The Morgan fingerprint density at radius 1 is 1.29 bits per heavy atom. The van der Waals surface area contributed by atoms with Crippen LogP contribution < -0.4 is 5.73 Å². The quantitative estimate of drug-likeness (QED) is 0.853. The van der Waals surface area contributed by atoms with Crippen molar-refractivity contribution in [1.29, 1.82) is 0 Å². The Bertz CT molecular complexity index is 396. The first-order chi connectivity index (χ1) is 7.89. The highest BCUT2D eigenvalue weighted by Crippen LogP contribution is 2.31. The topological polar surface area (TPSA) is 47.1 Å². The van der Waals surface area contributed by atoms with Gasteiger partial charge in [0.05, 0.1) is 5.69 Å². The minimum Gasteiger partial charge on any atom is -0.384 e. The molecule has 1 aromatic heterocycles. The van der Waals surface area contributed by atoms with E-state index in [-0.39, 0.29) is 0 Å². The van der Waals surface area contributed by atoms with Gasteiger partial charge in [-0.3, -0.25) is 9.58 Å². The van der Waals surface area contributed by atoms with Crippen molar-refractivity contribution in [3.05, 3.63) is 11.3 Å². The number of hydrogen-bond acceptors (Lipinski definition) is 3. The van der Waals surface area contributed by atoms with Crippen LogP contribution >= 0.6 is 0 Å². The van der Waals surface area contributed by atoms with Crippen molar-refractivity contribution in [3.8, 4) is 0 Å². The largest absolute Gasteiger partial charge is 0.384 e. The highest BCUT2D eigenvalue weighted by Gasteiger charge is 2.26. The molecule has 0 atom stereocenters. The van der Waals surface area contributed by atoms with Crippen LogP contribution in [0.1, 0.15) is 37.9 Å². The van der Waals surface area contributed by atoms with Crippen molar-refractivity contribution in [2.45, 2.75) is 40.2 Å². The number of nitrogen functional groups attached to an aromatic ring is 1. The molecule has 2 N–H and O–H groups in total. The van der Waals surface area contributed by atoms with E-state index in [0.29, 0.717) is 5.41 Å². The number of rotatable bonds is 2. The van der Waals surface area contributed by atoms with E-state index < -0.39 is 0 Å². The van der Waals surface area contributed by atoms with Crippen LogP contribution in [-0.2, 0) is 13.6 Å². The summed E-state index contributed by atoms with van der Waals surface area (Å²) in [5.41, 5.74) is 8.82. The van der Waals surface area contributed by atoms with Gasteiger partial charge in [-0.1, -0.05) is 13.8 Å². The van der Waals surface area contributed by atoms with Crippen LogP contribution in [0.25, 0.3) is 0 Å². The van der Waals surface area contributed by atoms with Crippen LogP contribution in [0, 0.1) is 12.3 Å². The molecule has 0 spiro atoms. The molecule has 2 heterocycles. The smallest absolute Gasteiger partial charge is 0.126 e. The normalized spacial score (nSPS) is 20.7. The van der Waals surface area contributed by atoms with Crippen molar-refractivity contribution >= 4 is 5.82 Å². The van der Waals surface area contributed by atoms with Crippen molar-refractivity contribution in [2.24, 2.45) is 12.5 Å². The average Bonchev–Trinajstić information content (AvgIpc) is 2.48. The van der Waals surface area contributed by atoms with Gasteiger partial charge in [0.2, 0.25) is 0 Å². The third-order valence-corrected chi connectivity index (χ3v) is 3.99. The van der Waals surface area contributed by atoms with Gasteiger partial charge in [0.15, 0.2) is 0 Å². The molecule has 96 valence electrons. The van der Waals surface area contributed by atoms with E-state index in [1.807, 2.05) is 14.0 Å². The Morgan fingerprint density at radius 2 is 1.88 bits per heavy atom. The summed E-state index contributed by atoms with van der Waals surface area (Å²) < 4.78 is 1.78. The van der Waals surface area contributed by atoms with E-state index in [0.717, 1.165) is 18.1 Å². The van der Waals surface area contributed by atoms with Crippen molar-refractivity contribution in [1.82, 2.24) is 14.7 Å². The van der Waals surface area contributed by atoms with Crippen LogP contribution in [0.15, 0.2) is 0 Å². The molecule has 1 saturated heterocycles. The van der Waals surface area contributed by atoms with Gasteiger partial charge in [0.25, 0.3) is 0 Å². The number of likely N-dealkylation sites (tertiary alicyclic amines) is 1. The summed E-state index contributed by atoms with van der Waals surface area (Å²) in [6.07, 6.45) is 2.54. The van der Waals surface area contributed by atoms with E-state index in [1.165, 1.54) is 31.5 Å². The minimum atomic E-state index is 0.506. The van der Waals surface area contributed by atoms with E-state index in [1.54, 1.807) is 4.68 Å². The Balaban J connectivity index is 2.03. The van der Waals surface area contributed by atoms with Crippen molar-refractivity contribution in [2.75, 3.05) is 18.8 Å². The Hall–Kier alpha value is -1.03. The number of nitrogens with two attached hydrogens (primary N) is 1. The maximum absolute atomic E-state index is 6.05. The Kier molecular flexibility index (Phi) is 3.17. The summed E-state index contributed by atoms with van der Waals surface area (Å²) in [6, 6.07) is 0. The first-order valence-corrected chi connectivity index (χ1v) is 6.39. The maximum atomic E-state index is 6.05. The second kappa shape index (κ2) is 4.33. The number of hydrogen-bond donors (Lipinski definition) is 1. The fourth-order valence-electron chi connectivity index (χ4n) is 2.46. The highest BCUT2D eigenvalue weighted by molar-refractivity contribution is 5.42. The molecule has 4 heteroatoms. The molecule has 0 unspecified atom stereocenters. The average molecular weight is 236 g/mol. The lowest BCUT2D eigenvalue weighted by atomic mass is 9.82. The highest BCUT2D eigenvalue weighted by atomic mass is 15.3.